The smallest absolute Gasteiger partial charge is 0.154 e. The molecule has 0 bridgehead atoms. The van der Waals surface area contributed by atoms with Gasteiger partial charge in [0.2, 0.25) is 0 Å². The Bertz CT molecular complexity index is 475. The first kappa shape index (κ1) is 9.18. The molecular formula is C9H9ClN4. The van der Waals surface area contributed by atoms with E-state index in [1.54, 1.807) is 16.8 Å². The normalized spacial score (nSPS) is 11.6. The van der Waals surface area contributed by atoms with Gasteiger partial charge in [0.25, 0.3) is 0 Å². The van der Waals surface area contributed by atoms with Crippen LogP contribution >= 0.6 is 11.6 Å². The quantitative estimate of drug-likeness (QED) is 0.811. The molecule has 2 N–H and O–H groups in total. The minimum atomic E-state index is 0.442. The maximum atomic E-state index is 5.77. The topological polar surface area (TPSA) is 56.2 Å². The average Bonchev–Trinajstić information content (AvgIpc) is 2.57. The van der Waals surface area contributed by atoms with E-state index in [0.717, 1.165) is 11.3 Å². The molecule has 2 aromatic rings. The van der Waals surface area contributed by atoms with Gasteiger partial charge in [-0.25, -0.2) is 9.50 Å². The first-order valence-electron chi connectivity index (χ1n) is 4.18. The zero-order valence-electron chi connectivity index (χ0n) is 7.39. The Labute approximate surface area is 86.0 Å². The highest BCUT2D eigenvalue weighted by atomic mass is 35.5. The van der Waals surface area contributed by atoms with Crippen LogP contribution in [0.25, 0.3) is 11.7 Å². The largest absolute Gasteiger partial charge is 0.327 e. The highest BCUT2D eigenvalue weighted by molar-refractivity contribution is 6.29. The summed E-state index contributed by atoms with van der Waals surface area (Å²) in [5, 5.41) is 4.56. The molecule has 0 radical (unpaired) electrons. The van der Waals surface area contributed by atoms with Crippen molar-refractivity contribution in [1.29, 1.82) is 0 Å². The average molecular weight is 209 g/mol. The first-order chi connectivity index (χ1) is 6.81. The van der Waals surface area contributed by atoms with Crippen molar-refractivity contribution in [3.63, 3.8) is 0 Å². The number of rotatable bonds is 2. The molecule has 0 aromatic carbocycles. The minimum absolute atomic E-state index is 0.442. The van der Waals surface area contributed by atoms with Crippen LogP contribution in [-0.2, 0) is 0 Å². The lowest BCUT2D eigenvalue weighted by atomic mass is 10.4. The predicted octanol–water partition coefficient (Wildman–Crippen LogP) is 1.35. The van der Waals surface area contributed by atoms with E-state index >= 15 is 0 Å². The molecule has 0 unspecified atom stereocenters. The molecule has 0 atom stereocenters. The maximum absolute atomic E-state index is 5.77. The van der Waals surface area contributed by atoms with Gasteiger partial charge in [-0.3, -0.25) is 0 Å². The van der Waals surface area contributed by atoms with Crippen molar-refractivity contribution in [3.8, 4) is 0 Å². The Morgan fingerprint density at radius 1 is 1.50 bits per heavy atom. The molecule has 2 aromatic heterocycles. The zero-order chi connectivity index (χ0) is 9.97. The van der Waals surface area contributed by atoms with E-state index in [2.05, 4.69) is 10.1 Å². The molecule has 72 valence electrons. The van der Waals surface area contributed by atoms with Crippen LogP contribution in [0, 0.1) is 0 Å². The van der Waals surface area contributed by atoms with Crippen LogP contribution in [0.2, 0.25) is 5.15 Å². The van der Waals surface area contributed by atoms with Gasteiger partial charge in [0, 0.05) is 6.54 Å². The highest BCUT2D eigenvalue weighted by Crippen LogP contribution is 2.09. The van der Waals surface area contributed by atoms with Crippen molar-refractivity contribution in [1.82, 2.24) is 14.6 Å². The Kier molecular flexibility index (Phi) is 2.47. The third-order valence-electron chi connectivity index (χ3n) is 1.78. The number of fused-ring (bicyclic) bond motifs is 1. The van der Waals surface area contributed by atoms with Gasteiger partial charge in [-0.05, 0) is 18.2 Å². The second kappa shape index (κ2) is 3.77. The molecule has 0 spiro atoms. The molecule has 0 saturated carbocycles. The molecule has 14 heavy (non-hydrogen) atoms. The molecule has 0 amide bonds. The van der Waals surface area contributed by atoms with Crippen molar-refractivity contribution < 1.29 is 0 Å². The predicted molar refractivity (Wildman–Crippen MR) is 56.1 cm³/mol. The summed E-state index contributed by atoms with van der Waals surface area (Å²) in [4.78, 5) is 4.16. The summed E-state index contributed by atoms with van der Waals surface area (Å²) in [5.41, 5.74) is 6.99. The van der Waals surface area contributed by atoms with Crippen molar-refractivity contribution in [2.24, 2.45) is 5.73 Å². The van der Waals surface area contributed by atoms with Crippen molar-refractivity contribution >= 4 is 23.3 Å². The van der Waals surface area contributed by atoms with Gasteiger partial charge in [-0.1, -0.05) is 17.7 Å². The van der Waals surface area contributed by atoms with Gasteiger partial charge < -0.3 is 5.73 Å². The lowest BCUT2D eigenvalue weighted by Crippen LogP contribution is -1.95. The maximum Gasteiger partial charge on any atom is 0.154 e. The summed E-state index contributed by atoms with van der Waals surface area (Å²) in [6.07, 6.45) is 5.43. The standard InChI is InChI=1S/C9H9ClN4/c10-8-3-4-9-12-6-7(2-1-5-11)14(9)13-8/h1-4,6H,5,11H2. The fraction of sp³-hybridized carbons (Fsp3) is 0.111. The number of hydrogen-bond acceptors (Lipinski definition) is 3. The van der Waals surface area contributed by atoms with Gasteiger partial charge in [0.05, 0.1) is 11.9 Å². The van der Waals surface area contributed by atoms with Crippen LogP contribution in [-0.4, -0.2) is 21.1 Å². The van der Waals surface area contributed by atoms with E-state index in [1.807, 2.05) is 18.2 Å². The molecular weight excluding hydrogens is 200 g/mol. The first-order valence-corrected chi connectivity index (χ1v) is 4.56. The highest BCUT2D eigenvalue weighted by Gasteiger charge is 2.00. The lowest BCUT2D eigenvalue weighted by molar-refractivity contribution is 0.926. The second-order valence-corrected chi connectivity index (χ2v) is 3.13. The van der Waals surface area contributed by atoms with E-state index < -0.39 is 0 Å². The van der Waals surface area contributed by atoms with Gasteiger partial charge in [0.1, 0.15) is 5.15 Å². The fourth-order valence-corrected chi connectivity index (χ4v) is 1.31. The van der Waals surface area contributed by atoms with E-state index in [0.29, 0.717) is 11.7 Å². The molecule has 0 aliphatic carbocycles. The Hall–Kier alpha value is -1.39. The molecule has 4 nitrogen and oxygen atoms in total. The number of imidazole rings is 1. The molecule has 2 rings (SSSR count). The Balaban J connectivity index is 2.55. The number of nitrogens with two attached hydrogens (primary N) is 1. The summed E-state index contributed by atoms with van der Waals surface area (Å²) in [7, 11) is 0. The number of hydrogen-bond donors (Lipinski definition) is 1. The summed E-state index contributed by atoms with van der Waals surface area (Å²) in [5.74, 6) is 0. The van der Waals surface area contributed by atoms with Gasteiger partial charge >= 0.3 is 0 Å². The van der Waals surface area contributed by atoms with E-state index in [1.165, 1.54) is 0 Å². The number of nitrogens with zero attached hydrogens (tertiary/aromatic N) is 3. The summed E-state index contributed by atoms with van der Waals surface area (Å²) >= 11 is 5.77. The molecule has 0 saturated heterocycles. The third kappa shape index (κ3) is 1.62. The Morgan fingerprint density at radius 2 is 2.36 bits per heavy atom. The fourth-order valence-electron chi connectivity index (χ4n) is 1.17. The zero-order valence-corrected chi connectivity index (χ0v) is 8.15. The van der Waals surface area contributed by atoms with Crippen LogP contribution in [0.15, 0.2) is 24.4 Å². The van der Waals surface area contributed by atoms with Crippen LogP contribution in [0.5, 0.6) is 0 Å². The van der Waals surface area contributed by atoms with Crippen LogP contribution < -0.4 is 5.73 Å². The summed E-state index contributed by atoms with van der Waals surface area (Å²) < 4.78 is 1.68. The van der Waals surface area contributed by atoms with Gasteiger partial charge in [0.15, 0.2) is 5.65 Å². The third-order valence-corrected chi connectivity index (χ3v) is 1.98. The monoisotopic (exact) mass is 208 g/mol. The van der Waals surface area contributed by atoms with E-state index in [9.17, 15) is 0 Å². The Morgan fingerprint density at radius 3 is 3.14 bits per heavy atom. The lowest BCUT2D eigenvalue weighted by Gasteiger charge is -1.95. The summed E-state index contributed by atoms with van der Waals surface area (Å²) in [6, 6.07) is 3.52. The summed E-state index contributed by atoms with van der Waals surface area (Å²) in [6.45, 7) is 0.494. The van der Waals surface area contributed by atoms with Crippen LogP contribution in [0.3, 0.4) is 0 Å². The van der Waals surface area contributed by atoms with Gasteiger partial charge in [-0.2, -0.15) is 5.10 Å². The van der Waals surface area contributed by atoms with E-state index in [-0.39, 0.29) is 0 Å². The van der Waals surface area contributed by atoms with Gasteiger partial charge in [-0.15, -0.1) is 0 Å². The second-order valence-electron chi connectivity index (χ2n) is 2.75. The van der Waals surface area contributed by atoms with Crippen molar-refractivity contribution in [2.75, 3.05) is 6.54 Å². The minimum Gasteiger partial charge on any atom is -0.327 e. The molecule has 5 heteroatoms. The van der Waals surface area contributed by atoms with Crippen LogP contribution in [0.1, 0.15) is 5.69 Å². The van der Waals surface area contributed by atoms with E-state index in [4.69, 9.17) is 17.3 Å². The number of halogens is 1. The van der Waals surface area contributed by atoms with Crippen molar-refractivity contribution in [3.05, 3.63) is 35.3 Å². The SMILES string of the molecule is NCC=Cc1cnc2ccc(Cl)nn12. The number of aromatic nitrogens is 3. The van der Waals surface area contributed by atoms with Crippen LogP contribution in [0.4, 0.5) is 0 Å². The molecule has 0 aliphatic rings. The molecule has 0 aliphatic heterocycles. The molecule has 2 heterocycles. The molecule has 0 fully saturated rings. The van der Waals surface area contributed by atoms with Crippen molar-refractivity contribution in [2.45, 2.75) is 0 Å².